The Morgan fingerprint density at radius 3 is 2.18 bits per heavy atom. The second-order valence-corrected chi connectivity index (χ2v) is 10.5. The highest BCUT2D eigenvalue weighted by atomic mass is 35.5. The summed E-state index contributed by atoms with van der Waals surface area (Å²) in [6, 6.07) is 8.38. The fourth-order valence-electron chi connectivity index (χ4n) is 3.36. The zero-order valence-corrected chi connectivity index (χ0v) is 22.2. The molecule has 0 saturated carbocycles. The number of carbonyl (C=O) groups is 2. The van der Waals surface area contributed by atoms with E-state index in [4.69, 9.17) is 39.5 Å². The van der Waals surface area contributed by atoms with Gasteiger partial charge in [0.2, 0.25) is 21.8 Å². The van der Waals surface area contributed by atoms with E-state index in [0.717, 1.165) is 10.6 Å². The Morgan fingerprint density at radius 2 is 1.71 bits per heavy atom. The third-order valence-corrected chi connectivity index (χ3v) is 7.27. The van der Waals surface area contributed by atoms with Gasteiger partial charge in [0, 0.05) is 29.2 Å². The fraction of sp³-hybridized carbons (Fsp3) is 0.364. The minimum atomic E-state index is -3.90. The number of nitrogens with one attached hydrogen (secondary N) is 1. The summed E-state index contributed by atoms with van der Waals surface area (Å²) in [5, 5.41) is 3.36. The molecule has 34 heavy (non-hydrogen) atoms. The lowest BCUT2D eigenvalue weighted by atomic mass is 10.1. The molecule has 1 N–H and O–H groups in total. The Kier molecular flexibility index (Phi) is 9.87. The second-order valence-electron chi connectivity index (χ2n) is 7.35. The van der Waals surface area contributed by atoms with E-state index in [1.807, 2.05) is 0 Å². The van der Waals surface area contributed by atoms with E-state index in [0.29, 0.717) is 21.4 Å². The number of methoxy groups -OCH3 is 1. The minimum absolute atomic E-state index is 0.0930. The summed E-state index contributed by atoms with van der Waals surface area (Å²) in [5.74, 6) is -0.674. The van der Waals surface area contributed by atoms with E-state index in [-0.39, 0.29) is 23.7 Å². The molecule has 0 aliphatic heterocycles. The number of hydrogen-bond acceptors (Lipinski definition) is 5. The van der Waals surface area contributed by atoms with E-state index in [1.165, 1.54) is 37.3 Å². The highest BCUT2D eigenvalue weighted by Crippen LogP contribution is 2.31. The first-order chi connectivity index (χ1) is 15.9. The Bertz CT molecular complexity index is 1140. The van der Waals surface area contributed by atoms with Crippen molar-refractivity contribution in [2.75, 3.05) is 31.3 Å². The molecule has 0 fully saturated rings. The number of hydrogen-bond donors (Lipinski definition) is 1. The molecule has 186 valence electrons. The highest BCUT2D eigenvalue weighted by molar-refractivity contribution is 7.92. The van der Waals surface area contributed by atoms with E-state index in [2.05, 4.69) is 5.32 Å². The number of carbonyl (C=O) groups excluding carboxylic acids is 2. The van der Waals surface area contributed by atoms with Gasteiger partial charge in [0.1, 0.15) is 18.3 Å². The van der Waals surface area contributed by atoms with Gasteiger partial charge >= 0.3 is 0 Å². The standard InChI is InChI=1S/C22H26Cl3N3O5S/c1-5-19(22(30)26-2)27(12-15-16(23)7-6-8-17(15)24)21(29)13-28(34(4,31)32)14-9-10-20(33-3)18(25)11-14/h6-11,19H,5,12-13H2,1-4H3,(H,26,30)/t19-/m1/s1. The van der Waals surface area contributed by atoms with Crippen LogP contribution in [0.1, 0.15) is 18.9 Å². The monoisotopic (exact) mass is 549 g/mol. The number of rotatable bonds is 10. The molecule has 0 saturated heterocycles. The topological polar surface area (TPSA) is 96.0 Å². The van der Waals surface area contributed by atoms with Crippen LogP contribution in [-0.4, -0.2) is 58.1 Å². The number of sulfonamides is 1. The lowest BCUT2D eigenvalue weighted by Gasteiger charge is -2.33. The van der Waals surface area contributed by atoms with Crippen molar-refractivity contribution >= 4 is 62.3 Å². The van der Waals surface area contributed by atoms with Crippen LogP contribution in [0, 0.1) is 0 Å². The van der Waals surface area contributed by atoms with E-state index < -0.39 is 34.4 Å². The van der Waals surface area contributed by atoms with Crippen LogP contribution in [0.25, 0.3) is 0 Å². The van der Waals surface area contributed by atoms with Crippen molar-refractivity contribution in [3.05, 3.63) is 57.0 Å². The molecule has 0 radical (unpaired) electrons. The van der Waals surface area contributed by atoms with Crippen LogP contribution >= 0.6 is 34.8 Å². The van der Waals surface area contributed by atoms with Crippen molar-refractivity contribution in [2.45, 2.75) is 25.9 Å². The number of halogens is 3. The molecular weight excluding hydrogens is 525 g/mol. The summed E-state index contributed by atoms with van der Waals surface area (Å²) < 4.78 is 31.3. The first kappa shape index (κ1) is 28.0. The Hall–Kier alpha value is -2.20. The van der Waals surface area contributed by atoms with Gasteiger partial charge in [0.15, 0.2) is 0 Å². The average Bonchev–Trinajstić information content (AvgIpc) is 2.77. The first-order valence-electron chi connectivity index (χ1n) is 10.2. The summed E-state index contributed by atoms with van der Waals surface area (Å²) in [6.07, 6.45) is 1.25. The van der Waals surface area contributed by atoms with Gasteiger partial charge in [-0.2, -0.15) is 0 Å². The molecule has 0 heterocycles. The maximum absolute atomic E-state index is 13.5. The molecule has 12 heteroatoms. The molecule has 0 bridgehead atoms. The molecule has 0 aromatic heterocycles. The predicted octanol–water partition coefficient (Wildman–Crippen LogP) is 3.97. The lowest BCUT2D eigenvalue weighted by Crippen LogP contribution is -2.51. The maximum atomic E-state index is 13.5. The largest absolute Gasteiger partial charge is 0.495 e. The molecule has 2 amide bonds. The molecule has 0 spiro atoms. The fourth-order valence-corrected chi connectivity index (χ4v) is 4.97. The molecule has 1 atom stereocenters. The van der Waals surface area contributed by atoms with Crippen LogP contribution < -0.4 is 14.4 Å². The zero-order valence-electron chi connectivity index (χ0n) is 19.1. The summed E-state index contributed by atoms with van der Waals surface area (Å²) in [6.45, 7) is 1.08. The molecular formula is C22H26Cl3N3O5S. The van der Waals surface area contributed by atoms with Crippen molar-refractivity contribution in [2.24, 2.45) is 0 Å². The van der Waals surface area contributed by atoms with E-state index in [1.54, 1.807) is 25.1 Å². The van der Waals surface area contributed by atoms with Crippen molar-refractivity contribution < 1.29 is 22.7 Å². The van der Waals surface area contributed by atoms with Crippen LogP contribution in [0.15, 0.2) is 36.4 Å². The van der Waals surface area contributed by atoms with Gasteiger partial charge < -0.3 is 15.0 Å². The lowest BCUT2D eigenvalue weighted by molar-refractivity contribution is -0.140. The van der Waals surface area contributed by atoms with Crippen LogP contribution in [0.2, 0.25) is 15.1 Å². The normalized spacial score (nSPS) is 12.1. The highest BCUT2D eigenvalue weighted by Gasteiger charge is 2.32. The molecule has 0 aliphatic rings. The number of nitrogens with zero attached hydrogens (tertiary/aromatic N) is 2. The quantitative estimate of drug-likeness (QED) is 0.483. The van der Waals surface area contributed by atoms with Gasteiger partial charge in [0.05, 0.1) is 24.1 Å². The molecule has 8 nitrogen and oxygen atoms in total. The molecule has 2 aromatic rings. The number of likely N-dealkylation sites (N-methyl/N-ethyl adjacent to an activating group) is 1. The van der Waals surface area contributed by atoms with Gasteiger partial charge in [-0.3, -0.25) is 13.9 Å². The Morgan fingerprint density at radius 1 is 1.09 bits per heavy atom. The Labute approximate surface area is 214 Å². The Balaban J connectivity index is 2.51. The third-order valence-electron chi connectivity index (χ3n) is 5.13. The summed E-state index contributed by atoms with van der Waals surface area (Å²) in [7, 11) is -1.01. The summed E-state index contributed by atoms with van der Waals surface area (Å²) >= 11 is 18.8. The van der Waals surface area contributed by atoms with Gasteiger partial charge in [-0.05, 0) is 36.8 Å². The van der Waals surface area contributed by atoms with Crippen molar-refractivity contribution in [1.29, 1.82) is 0 Å². The van der Waals surface area contributed by atoms with Gasteiger partial charge in [-0.15, -0.1) is 0 Å². The van der Waals surface area contributed by atoms with Crippen LogP contribution in [0.5, 0.6) is 5.75 Å². The second kappa shape index (κ2) is 12.0. The van der Waals surface area contributed by atoms with E-state index in [9.17, 15) is 18.0 Å². The predicted molar refractivity (Wildman–Crippen MR) is 135 cm³/mol. The molecule has 0 aliphatic carbocycles. The average molecular weight is 551 g/mol. The zero-order chi connectivity index (χ0) is 25.6. The minimum Gasteiger partial charge on any atom is -0.495 e. The van der Waals surface area contributed by atoms with E-state index >= 15 is 0 Å². The third kappa shape index (κ3) is 6.69. The number of amides is 2. The van der Waals surface area contributed by atoms with Gasteiger partial charge in [-0.25, -0.2) is 8.42 Å². The number of ether oxygens (including phenoxy) is 1. The molecule has 2 aromatic carbocycles. The van der Waals surface area contributed by atoms with Crippen molar-refractivity contribution in [3.8, 4) is 5.75 Å². The number of anilines is 1. The van der Waals surface area contributed by atoms with Gasteiger partial charge in [-0.1, -0.05) is 47.8 Å². The summed E-state index contributed by atoms with van der Waals surface area (Å²) in [5.41, 5.74) is 0.616. The SMILES string of the molecule is CC[C@H](C(=O)NC)N(Cc1c(Cl)cccc1Cl)C(=O)CN(c1ccc(OC)c(Cl)c1)S(C)(=O)=O. The first-order valence-corrected chi connectivity index (χ1v) is 13.2. The van der Waals surface area contributed by atoms with Crippen molar-refractivity contribution in [1.82, 2.24) is 10.2 Å². The van der Waals surface area contributed by atoms with Crippen LogP contribution in [0.3, 0.4) is 0 Å². The van der Waals surface area contributed by atoms with Crippen LogP contribution in [-0.2, 0) is 26.2 Å². The van der Waals surface area contributed by atoms with Crippen LogP contribution in [0.4, 0.5) is 5.69 Å². The smallest absolute Gasteiger partial charge is 0.244 e. The molecule has 0 unspecified atom stereocenters. The maximum Gasteiger partial charge on any atom is 0.244 e. The van der Waals surface area contributed by atoms with Crippen molar-refractivity contribution in [3.63, 3.8) is 0 Å². The molecule has 2 rings (SSSR count). The van der Waals surface area contributed by atoms with Gasteiger partial charge in [0.25, 0.3) is 0 Å². The number of benzene rings is 2. The summed E-state index contributed by atoms with van der Waals surface area (Å²) in [4.78, 5) is 27.4.